The Labute approximate surface area is 127 Å². The number of alkyl halides is 1. The van der Waals surface area contributed by atoms with Crippen molar-refractivity contribution in [2.75, 3.05) is 25.4 Å². The average Bonchev–Trinajstić information content (AvgIpc) is 2.76. The van der Waals surface area contributed by atoms with E-state index in [-0.39, 0.29) is 43.7 Å². The Balaban J connectivity index is 1.91. The van der Waals surface area contributed by atoms with Gasteiger partial charge in [-0.2, -0.15) is 0 Å². The van der Waals surface area contributed by atoms with Gasteiger partial charge in [-0.1, -0.05) is 25.6 Å². The number of rotatable bonds is 3. The van der Waals surface area contributed by atoms with Gasteiger partial charge < -0.3 is 9.64 Å². The van der Waals surface area contributed by atoms with E-state index in [4.69, 9.17) is 4.74 Å². The minimum Gasteiger partial charge on any atom is -0.449 e. The highest BCUT2D eigenvalue weighted by atomic mass is 32.2. The molecule has 2 aliphatic heterocycles. The van der Waals surface area contributed by atoms with E-state index in [0.29, 0.717) is 0 Å². The first-order valence-corrected chi connectivity index (χ1v) is 7.93. The molecule has 2 aliphatic rings. The fourth-order valence-electron chi connectivity index (χ4n) is 2.36. The van der Waals surface area contributed by atoms with E-state index in [1.807, 2.05) is 13.8 Å². The Morgan fingerprint density at radius 3 is 2.71 bits per heavy atom. The van der Waals surface area contributed by atoms with Crippen LogP contribution in [0.4, 0.5) is 14.0 Å². The van der Waals surface area contributed by atoms with Gasteiger partial charge in [0.05, 0.1) is 24.9 Å². The van der Waals surface area contributed by atoms with Crippen molar-refractivity contribution in [1.29, 1.82) is 0 Å². The molecule has 0 aromatic rings. The van der Waals surface area contributed by atoms with Gasteiger partial charge in [0.25, 0.3) is 5.24 Å². The van der Waals surface area contributed by atoms with Crippen LogP contribution >= 0.6 is 11.8 Å². The summed E-state index contributed by atoms with van der Waals surface area (Å²) in [7, 11) is 0. The molecule has 0 N–H and O–H groups in total. The predicted molar refractivity (Wildman–Crippen MR) is 75.8 cm³/mol. The van der Waals surface area contributed by atoms with E-state index in [0.717, 1.165) is 16.7 Å². The quantitative estimate of drug-likeness (QED) is 0.795. The first-order valence-electron chi connectivity index (χ1n) is 6.94. The van der Waals surface area contributed by atoms with Crippen molar-refractivity contribution in [1.82, 2.24) is 9.80 Å². The summed E-state index contributed by atoms with van der Waals surface area (Å²) in [5.74, 6) is -0.0691. The molecule has 0 aromatic heterocycles. The largest absolute Gasteiger partial charge is 0.449 e. The van der Waals surface area contributed by atoms with E-state index in [1.54, 1.807) is 0 Å². The summed E-state index contributed by atoms with van der Waals surface area (Å²) < 4.78 is 19.3. The Bertz CT molecular complexity index is 430. The highest BCUT2D eigenvalue weighted by Crippen LogP contribution is 2.28. The molecule has 2 saturated heterocycles. The fraction of sp³-hybridized carbons (Fsp3) is 0.769. The number of nitrogens with zero attached hydrogens (tertiary/aromatic N) is 2. The molecular formula is C13H19FN2O4S. The van der Waals surface area contributed by atoms with Crippen molar-refractivity contribution in [3.05, 3.63) is 0 Å². The van der Waals surface area contributed by atoms with Crippen molar-refractivity contribution in [3.8, 4) is 0 Å². The molecule has 118 valence electrons. The molecule has 21 heavy (non-hydrogen) atoms. The van der Waals surface area contributed by atoms with E-state index in [9.17, 15) is 18.8 Å². The molecule has 0 bridgehead atoms. The van der Waals surface area contributed by atoms with Crippen molar-refractivity contribution in [3.63, 3.8) is 0 Å². The van der Waals surface area contributed by atoms with Crippen LogP contribution in [-0.2, 0) is 9.53 Å². The lowest BCUT2D eigenvalue weighted by Crippen LogP contribution is -2.55. The van der Waals surface area contributed by atoms with Gasteiger partial charge in [-0.3, -0.25) is 14.5 Å². The van der Waals surface area contributed by atoms with Crippen LogP contribution in [0.5, 0.6) is 0 Å². The van der Waals surface area contributed by atoms with E-state index in [2.05, 4.69) is 0 Å². The Kier molecular flexibility index (Phi) is 5.08. The van der Waals surface area contributed by atoms with E-state index < -0.39 is 23.5 Å². The summed E-state index contributed by atoms with van der Waals surface area (Å²) in [5, 5.41) is -0.400. The summed E-state index contributed by atoms with van der Waals surface area (Å²) in [4.78, 5) is 37.3. The number of carbonyl (C=O) groups excluding carboxylic acids is 3. The summed E-state index contributed by atoms with van der Waals surface area (Å²) in [6.45, 7) is 4.25. The number of thioether (sulfide) groups is 1. The van der Waals surface area contributed by atoms with E-state index >= 15 is 0 Å². The van der Waals surface area contributed by atoms with Crippen molar-refractivity contribution < 1.29 is 23.5 Å². The molecule has 2 fully saturated rings. The van der Waals surface area contributed by atoms with Crippen molar-refractivity contribution in [2.24, 2.45) is 5.92 Å². The van der Waals surface area contributed by atoms with Crippen LogP contribution in [0.3, 0.4) is 0 Å². The third kappa shape index (κ3) is 3.66. The highest BCUT2D eigenvalue weighted by molar-refractivity contribution is 8.14. The number of likely N-dealkylation sites (tertiary alicyclic amines) is 1. The van der Waals surface area contributed by atoms with E-state index in [1.165, 1.54) is 4.90 Å². The Morgan fingerprint density at radius 2 is 2.19 bits per heavy atom. The van der Waals surface area contributed by atoms with Gasteiger partial charge in [-0.15, -0.1) is 0 Å². The molecule has 0 aliphatic carbocycles. The van der Waals surface area contributed by atoms with Crippen molar-refractivity contribution >= 4 is 29.0 Å². The maximum absolute atomic E-state index is 14.3. The SMILES string of the molecule is CC(C)COC(=O)N1CCC(N2C(=O)CSC2=O)C(F)C1. The normalized spacial score (nSPS) is 26.7. The predicted octanol–water partition coefficient (Wildman–Crippen LogP) is 1.89. The maximum Gasteiger partial charge on any atom is 0.409 e. The number of imide groups is 1. The Hall–Kier alpha value is -1.31. The number of piperidine rings is 1. The van der Waals surface area contributed by atoms with Crippen LogP contribution in [0, 0.1) is 5.92 Å². The lowest BCUT2D eigenvalue weighted by atomic mass is 10.0. The zero-order chi connectivity index (χ0) is 15.6. The summed E-state index contributed by atoms with van der Waals surface area (Å²) >= 11 is 0.893. The molecule has 0 radical (unpaired) electrons. The highest BCUT2D eigenvalue weighted by Gasteiger charge is 2.43. The first-order chi connectivity index (χ1) is 9.90. The summed E-state index contributed by atoms with van der Waals surface area (Å²) in [6, 6.07) is -0.769. The number of ether oxygens (including phenoxy) is 1. The Morgan fingerprint density at radius 1 is 1.48 bits per heavy atom. The second-order valence-electron chi connectivity index (χ2n) is 5.61. The van der Waals surface area contributed by atoms with Gasteiger partial charge in [-0.25, -0.2) is 9.18 Å². The molecule has 0 saturated carbocycles. The van der Waals surface area contributed by atoms with Gasteiger partial charge in [0.1, 0.15) is 6.17 Å². The maximum atomic E-state index is 14.3. The molecular weight excluding hydrogens is 299 g/mol. The monoisotopic (exact) mass is 318 g/mol. The van der Waals surface area contributed by atoms with Crippen molar-refractivity contribution in [2.45, 2.75) is 32.5 Å². The molecule has 6 nitrogen and oxygen atoms in total. The van der Waals surface area contributed by atoms with Crippen LogP contribution in [-0.4, -0.2) is 64.7 Å². The summed E-state index contributed by atoms with van der Waals surface area (Å²) in [6.07, 6.45) is -1.73. The third-order valence-electron chi connectivity index (χ3n) is 3.42. The minimum atomic E-state index is -1.43. The smallest absolute Gasteiger partial charge is 0.409 e. The molecule has 8 heteroatoms. The lowest BCUT2D eigenvalue weighted by molar-refractivity contribution is -0.128. The summed E-state index contributed by atoms with van der Waals surface area (Å²) in [5.41, 5.74) is 0. The minimum absolute atomic E-state index is 0.0716. The first kappa shape index (κ1) is 16.1. The van der Waals surface area contributed by atoms with Gasteiger partial charge in [-0.05, 0) is 12.3 Å². The second kappa shape index (κ2) is 6.64. The lowest BCUT2D eigenvalue weighted by Gasteiger charge is -2.37. The van der Waals surface area contributed by atoms with Gasteiger partial charge >= 0.3 is 6.09 Å². The van der Waals surface area contributed by atoms with Crippen LogP contribution in [0.2, 0.25) is 0 Å². The number of halogens is 1. The molecule has 2 rings (SSSR count). The van der Waals surface area contributed by atoms with Crippen LogP contribution in [0.1, 0.15) is 20.3 Å². The van der Waals surface area contributed by atoms with Crippen LogP contribution < -0.4 is 0 Å². The molecule has 3 amide bonds. The molecule has 2 heterocycles. The zero-order valence-corrected chi connectivity index (χ0v) is 12.9. The molecule has 0 aromatic carbocycles. The van der Waals surface area contributed by atoms with Gasteiger partial charge in [0, 0.05) is 6.54 Å². The zero-order valence-electron chi connectivity index (χ0n) is 12.1. The van der Waals surface area contributed by atoms with Gasteiger partial charge in [0.15, 0.2) is 0 Å². The molecule has 2 atom stereocenters. The number of hydrogen-bond donors (Lipinski definition) is 0. The third-order valence-corrected chi connectivity index (χ3v) is 4.26. The molecule has 2 unspecified atom stereocenters. The topological polar surface area (TPSA) is 66.9 Å². The standard InChI is InChI=1S/C13H19FN2O4S/c1-8(2)6-20-12(18)15-4-3-10(9(14)5-15)16-11(17)7-21-13(16)19/h8-10H,3-7H2,1-2H3. The number of amides is 3. The second-order valence-corrected chi connectivity index (χ2v) is 6.53. The average molecular weight is 318 g/mol. The fourth-order valence-corrected chi connectivity index (χ4v) is 3.13. The van der Waals surface area contributed by atoms with Gasteiger partial charge in [0.2, 0.25) is 5.91 Å². The number of carbonyl (C=O) groups is 3. The number of hydrogen-bond acceptors (Lipinski definition) is 5. The van der Waals surface area contributed by atoms with Crippen LogP contribution in [0.25, 0.3) is 0 Å². The molecule has 0 spiro atoms. The van der Waals surface area contributed by atoms with Crippen LogP contribution in [0.15, 0.2) is 0 Å².